The summed E-state index contributed by atoms with van der Waals surface area (Å²) in [6.45, 7) is 3.78. The Morgan fingerprint density at radius 3 is 3.00 bits per heavy atom. The van der Waals surface area contributed by atoms with Crippen molar-refractivity contribution in [2.45, 2.75) is 13.0 Å². The van der Waals surface area contributed by atoms with Crippen LogP contribution in [0.4, 0.5) is 10.1 Å². The lowest BCUT2D eigenvalue weighted by molar-refractivity contribution is 0.0530. The molecule has 1 saturated heterocycles. The summed E-state index contributed by atoms with van der Waals surface area (Å²) in [4.78, 5) is 1.92. The van der Waals surface area contributed by atoms with Gasteiger partial charge in [0, 0.05) is 18.7 Å². The number of anilines is 1. The Labute approximate surface area is 119 Å². The molecule has 104 valence electrons. The molecule has 0 amide bonds. The first-order valence-corrected chi connectivity index (χ1v) is 6.66. The highest BCUT2D eigenvalue weighted by Crippen LogP contribution is 2.30. The molecule has 1 aliphatic heterocycles. The first-order chi connectivity index (χ1) is 9.04. The van der Waals surface area contributed by atoms with Crippen LogP contribution in [-0.4, -0.2) is 36.8 Å². The van der Waals surface area contributed by atoms with Gasteiger partial charge in [-0.3, -0.25) is 0 Å². The standard InChI is InChI=1S/C12H15BrFN3O2/c1-7-6-17(4-5-19-7)9-3-2-8(12(15)16-18)10(13)11(9)14/h2-3,7,18H,4-6H2,1H3,(H2,15,16). The van der Waals surface area contributed by atoms with Crippen LogP contribution >= 0.6 is 15.9 Å². The van der Waals surface area contributed by atoms with Gasteiger partial charge >= 0.3 is 0 Å². The summed E-state index contributed by atoms with van der Waals surface area (Å²) in [7, 11) is 0. The zero-order valence-corrected chi connectivity index (χ0v) is 12.0. The molecule has 19 heavy (non-hydrogen) atoms. The molecule has 0 spiro atoms. The number of rotatable bonds is 2. The Kier molecular flexibility index (Phi) is 4.26. The Hall–Kier alpha value is -1.34. The number of hydrogen-bond donors (Lipinski definition) is 2. The molecule has 1 aromatic carbocycles. The lowest BCUT2D eigenvalue weighted by atomic mass is 10.1. The summed E-state index contributed by atoms with van der Waals surface area (Å²) in [5.74, 6) is -0.550. The summed E-state index contributed by atoms with van der Waals surface area (Å²) < 4.78 is 20.0. The molecule has 0 radical (unpaired) electrons. The zero-order valence-electron chi connectivity index (χ0n) is 10.4. The van der Waals surface area contributed by atoms with Gasteiger partial charge in [0.05, 0.1) is 22.9 Å². The molecule has 2 rings (SSSR count). The van der Waals surface area contributed by atoms with Gasteiger partial charge in [0.2, 0.25) is 0 Å². The third kappa shape index (κ3) is 2.82. The summed E-state index contributed by atoms with van der Waals surface area (Å²) in [6, 6.07) is 3.25. The van der Waals surface area contributed by atoms with Crippen LogP contribution < -0.4 is 10.6 Å². The number of ether oxygens (including phenoxy) is 1. The van der Waals surface area contributed by atoms with Gasteiger partial charge in [-0.2, -0.15) is 0 Å². The van der Waals surface area contributed by atoms with E-state index in [9.17, 15) is 4.39 Å². The summed E-state index contributed by atoms with van der Waals surface area (Å²) >= 11 is 3.15. The molecule has 0 bridgehead atoms. The minimum atomic E-state index is -0.418. The number of amidine groups is 1. The van der Waals surface area contributed by atoms with Gasteiger partial charge in [0.15, 0.2) is 11.7 Å². The summed E-state index contributed by atoms with van der Waals surface area (Å²) in [5, 5.41) is 11.5. The van der Waals surface area contributed by atoms with Crippen molar-refractivity contribution in [1.29, 1.82) is 0 Å². The van der Waals surface area contributed by atoms with Gasteiger partial charge in [0.1, 0.15) is 0 Å². The number of oxime groups is 1. The van der Waals surface area contributed by atoms with Crippen LogP contribution in [-0.2, 0) is 4.74 Å². The van der Waals surface area contributed by atoms with Gasteiger partial charge in [-0.05, 0) is 35.0 Å². The third-order valence-corrected chi connectivity index (χ3v) is 3.80. The van der Waals surface area contributed by atoms with Crippen molar-refractivity contribution in [3.8, 4) is 0 Å². The van der Waals surface area contributed by atoms with Crippen molar-refractivity contribution in [3.63, 3.8) is 0 Å². The van der Waals surface area contributed by atoms with E-state index in [1.165, 1.54) is 0 Å². The SMILES string of the molecule is CC1CN(c2ccc(/C(N)=N/O)c(Br)c2F)CCO1. The number of halogens is 2. The van der Waals surface area contributed by atoms with E-state index in [2.05, 4.69) is 21.1 Å². The van der Waals surface area contributed by atoms with Crippen LogP contribution in [0.2, 0.25) is 0 Å². The number of nitrogens with zero attached hydrogens (tertiary/aromatic N) is 2. The van der Waals surface area contributed by atoms with Gasteiger partial charge in [-0.1, -0.05) is 5.16 Å². The maximum Gasteiger partial charge on any atom is 0.171 e. The Balaban J connectivity index is 2.35. The molecule has 0 saturated carbocycles. The Morgan fingerprint density at radius 2 is 2.37 bits per heavy atom. The van der Waals surface area contributed by atoms with E-state index >= 15 is 0 Å². The van der Waals surface area contributed by atoms with E-state index in [4.69, 9.17) is 15.7 Å². The number of morpholine rings is 1. The van der Waals surface area contributed by atoms with E-state index < -0.39 is 5.82 Å². The summed E-state index contributed by atoms with van der Waals surface area (Å²) in [5.41, 5.74) is 6.29. The fourth-order valence-corrected chi connectivity index (χ4v) is 2.61. The van der Waals surface area contributed by atoms with E-state index in [1.807, 2.05) is 11.8 Å². The molecule has 5 nitrogen and oxygen atoms in total. The quantitative estimate of drug-likeness (QED) is 0.376. The van der Waals surface area contributed by atoms with Gasteiger partial charge in [-0.25, -0.2) is 4.39 Å². The first-order valence-electron chi connectivity index (χ1n) is 5.87. The van der Waals surface area contributed by atoms with Crippen LogP contribution in [0.3, 0.4) is 0 Å². The monoisotopic (exact) mass is 331 g/mol. The highest BCUT2D eigenvalue weighted by Gasteiger charge is 2.22. The second-order valence-electron chi connectivity index (χ2n) is 4.37. The molecule has 0 aromatic heterocycles. The molecule has 1 atom stereocenters. The van der Waals surface area contributed by atoms with E-state index in [1.54, 1.807) is 12.1 Å². The highest BCUT2D eigenvalue weighted by molar-refractivity contribution is 9.10. The Bertz CT molecular complexity index is 510. The van der Waals surface area contributed by atoms with Crippen molar-refractivity contribution in [3.05, 3.63) is 28.0 Å². The average Bonchev–Trinajstić information content (AvgIpc) is 2.41. The molecule has 0 aliphatic carbocycles. The Morgan fingerprint density at radius 1 is 1.63 bits per heavy atom. The van der Waals surface area contributed by atoms with E-state index in [0.29, 0.717) is 30.9 Å². The second kappa shape index (κ2) is 5.75. The van der Waals surface area contributed by atoms with E-state index in [0.717, 1.165) is 0 Å². The largest absolute Gasteiger partial charge is 0.409 e. The first kappa shape index (κ1) is 14.1. The highest BCUT2D eigenvalue weighted by atomic mass is 79.9. The topological polar surface area (TPSA) is 71.1 Å². The molecule has 3 N–H and O–H groups in total. The average molecular weight is 332 g/mol. The van der Waals surface area contributed by atoms with Crippen LogP contribution in [0.15, 0.2) is 21.8 Å². The van der Waals surface area contributed by atoms with Crippen LogP contribution in [0.25, 0.3) is 0 Å². The predicted octanol–water partition coefficient (Wildman–Crippen LogP) is 1.91. The predicted molar refractivity (Wildman–Crippen MR) is 74.2 cm³/mol. The molecular formula is C12H15BrFN3O2. The normalized spacial score (nSPS) is 20.7. The van der Waals surface area contributed by atoms with Gasteiger partial charge in [-0.15, -0.1) is 0 Å². The lowest BCUT2D eigenvalue weighted by Crippen LogP contribution is -2.41. The minimum absolute atomic E-state index is 0.0654. The van der Waals surface area contributed by atoms with Crippen LogP contribution in [0.5, 0.6) is 0 Å². The molecular weight excluding hydrogens is 317 g/mol. The van der Waals surface area contributed by atoms with Crippen molar-refractivity contribution < 1.29 is 14.3 Å². The van der Waals surface area contributed by atoms with E-state index in [-0.39, 0.29) is 16.4 Å². The van der Waals surface area contributed by atoms with Crippen molar-refractivity contribution in [1.82, 2.24) is 0 Å². The second-order valence-corrected chi connectivity index (χ2v) is 5.17. The summed E-state index contributed by atoms with van der Waals surface area (Å²) in [6.07, 6.45) is 0.0654. The number of nitrogens with two attached hydrogens (primary N) is 1. The van der Waals surface area contributed by atoms with Crippen molar-refractivity contribution in [2.24, 2.45) is 10.9 Å². The smallest absolute Gasteiger partial charge is 0.171 e. The van der Waals surface area contributed by atoms with Crippen molar-refractivity contribution >= 4 is 27.5 Å². The molecule has 1 fully saturated rings. The van der Waals surface area contributed by atoms with Crippen LogP contribution in [0, 0.1) is 5.82 Å². The molecule has 7 heteroatoms. The van der Waals surface area contributed by atoms with Gasteiger partial charge < -0.3 is 20.6 Å². The van der Waals surface area contributed by atoms with Crippen LogP contribution in [0.1, 0.15) is 12.5 Å². The fourth-order valence-electron chi connectivity index (χ4n) is 2.07. The third-order valence-electron chi connectivity index (χ3n) is 3.03. The maximum atomic E-state index is 14.3. The maximum absolute atomic E-state index is 14.3. The van der Waals surface area contributed by atoms with Gasteiger partial charge in [0.25, 0.3) is 0 Å². The molecule has 1 unspecified atom stereocenters. The number of benzene rings is 1. The zero-order chi connectivity index (χ0) is 14.0. The molecule has 1 aliphatic rings. The lowest BCUT2D eigenvalue weighted by Gasteiger charge is -2.33. The fraction of sp³-hybridized carbons (Fsp3) is 0.417. The number of hydrogen-bond acceptors (Lipinski definition) is 4. The minimum Gasteiger partial charge on any atom is -0.409 e. The molecule has 1 aromatic rings. The van der Waals surface area contributed by atoms with Crippen molar-refractivity contribution in [2.75, 3.05) is 24.6 Å². The molecule has 1 heterocycles.